The molecule has 7 heteroatoms. The third-order valence-electron chi connectivity index (χ3n) is 5.71. The Hall–Kier alpha value is -2.83. The second-order valence-electron chi connectivity index (χ2n) is 7.38. The van der Waals surface area contributed by atoms with Gasteiger partial charge in [0.25, 0.3) is 0 Å². The van der Waals surface area contributed by atoms with Crippen LogP contribution in [-0.4, -0.2) is 43.4 Å². The van der Waals surface area contributed by atoms with Crippen LogP contribution in [0, 0.1) is 11.8 Å². The first-order valence-electron chi connectivity index (χ1n) is 10.0. The number of ether oxygens (including phenoxy) is 2. The van der Waals surface area contributed by atoms with Crippen molar-refractivity contribution < 1.29 is 23.9 Å². The molecule has 1 aromatic rings. The van der Waals surface area contributed by atoms with Crippen LogP contribution in [0.2, 0.25) is 0 Å². The molecule has 7 nitrogen and oxygen atoms in total. The molecule has 0 bridgehead atoms. The number of likely N-dealkylation sites (tertiary alicyclic amines) is 1. The Morgan fingerprint density at radius 3 is 2.28 bits per heavy atom. The molecule has 1 aliphatic carbocycles. The van der Waals surface area contributed by atoms with E-state index in [1.165, 1.54) is 4.90 Å². The summed E-state index contributed by atoms with van der Waals surface area (Å²) in [6, 6.07) is 5.35. The number of allylic oxidation sites excluding steroid dienone is 2. The lowest BCUT2D eigenvalue weighted by Crippen LogP contribution is -2.36. The molecule has 1 aliphatic heterocycles. The van der Waals surface area contributed by atoms with Crippen molar-refractivity contribution >= 4 is 17.7 Å². The van der Waals surface area contributed by atoms with Crippen LogP contribution in [0.5, 0.6) is 11.5 Å². The van der Waals surface area contributed by atoms with Gasteiger partial charge in [-0.3, -0.25) is 19.3 Å². The summed E-state index contributed by atoms with van der Waals surface area (Å²) < 4.78 is 10.6. The molecule has 0 unspecified atom stereocenters. The molecule has 0 spiro atoms. The molecule has 1 aromatic carbocycles. The minimum absolute atomic E-state index is 0.0914. The van der Waals surface area contributed by atoms with Gasteiger partial charge in [0, 0.05) is 13.0 Å². The van der Waals surface area contributed by atoms with Gasteiger partial charge in [-0.1, -0.05) is 25.1 Å². The molecule has 3 atom stereocenters. The van der Waals surface area contributed by atoms with Gasteiger partial charge < -0.3 is 14.8 Å². The standard InChI is InChI=1S/C22H28N2O5/c1-4-17(14-9-10-18(28-2)19(13-14)29-3)23-20(25)11-12-24-21(26)15-7-5-6-8-16(15)22(24)27/h5-6,9-10,13,15-17H,4,7-8,11-12H2,1-3H3,(H,23,25)/t15-,16+,17-/m1/s1. The summed E-state index contributed by atoms with van der Waals surface area (Å²) in [7, 11) is 3.14. The summed E-state index contributed by atoms with van der Waals surface area (Å²) in [5, 5.41) is 2.99. The average Bonchev–Trinajstić information content (AvgIpc) is 3.00. The SMILES string of the molecule is CC[C@@H](NC(=O)CCN1C(=O)[C@H]2CC=CC[C@H]2C1=O)c1ccc(OC)c(OC)c1. The Kier molecular flexibility index (Phi) is 6.56. The third-order valence-corrected chi connectivity index (χ3v) is 5.71. The highest BCUT2D eigenvalue weighted by Gasteiger charge is 2.46. The van der Waals surface area contributed by atoms with Crippen LogP contribution < -0.4 is 14.8 Å². The highest BCUT2D eigenvalue weighted by molar-refractivity contribution is 6.05. The van der Waals surface area contributed by atoms with Gasteiger partial charge in [0.15, 0.2) is 11.5 Å². The fourth-order valence-electron chi connectivity index (χ4n) is 4.06. The minimum Gasteiger partial charge on any atom is -0.493 e. The lowest BCUT2D eigenvalue weighted by molar-refractivity contribution is -0.140. The van der Waals surface area contributed by atoms with Crippen molar-refractivity contribution in [2.24, 2.45) is 11.8 Å². The number of hydrogen-bond acceptors (Lipinski definition) is 5. The van der Waals surface area contributed by atoms with Gasteiger partial charge in [-0.05, 0) is 37.0 Å². The van der Waals surface area contributed by atoms with Gasteiger partial charge in [-0.15, -0.1) is 0 Å². The summed E-state index contributed by atoms with van der Waals surface area (Å²) in [6.45, 7) is 2.10. The number of imide groups is 1. The number of benzene rings is 1. The van der Waals surface area contributed by atoms with Crippen LogP contribution >= 0.6 is 0 Å². The maximum atomic E-state index is 12.5. The maximum Gasteiger partial charge on any atom is 0.233 e. The quantitative estimate of drug-likeness (QED) is 0.536. The largest absolute Gasteiger partial charge is 0.493 e. The molecule has 0 aromatic heterocycles. The Balaban J connectivity index is 1.60. The van der Waals surface area contributed by atoms with Crippen LogP contribution in [0.1, 0.15) is 44.2 Å². The molecule has 2 aliphatic rings. The van der Waals surface area contributed by atoms with E-state index in [2.05, 4.69) is 5.32 Å². The van der Waals surface area contributed by atoms with Crippen LogP contribution in [0.3, 0.4) is 0 Å². The topological polar surface area (TPSA) is 84.9 Å². The molecule has 1 saturated heterocycles. The second kappa shape index (κ2) is 9.11. The molecular formula is C22H28N2O5. The van der Waals surface area contributed by atoms with Crippen LogP contribution in [-0.2, 0) is 14.4 Å². The number of carbonyl (C=O) groups excluding carboxylic acids is 3. The Morgan fingerprint density at radius 1 is 1.10 bits per heavy atom. The predicted octanol–water partition coefficient (Wildman–Crippen LogP) is 2.61. The smallest absolute Gasteiger partial charge is 0.233 e. The predicted molar refractivity (Wildman–Crippen MR) is 107 cm³/mol. The van der Waals surface area contributed by atoms with Crippen LogP contribution in [0.25, 0.3) is 0 Å². The molecule has 3 rings (SSSR count). The zero-order valence-electron chi connectivity index (χ0n) is 17.1. The van der Waals surface area contributed by atoms with Gasteiger partial charge in [0.2, 0.25) is 17.7 Å². The number of fused-ring (bicyclic) bond motifs is 1. The first-order chi connectivity index (χ1) is 14.0. The molecular weight excluding hydrogens is 372 g/mol. The highest BCUT2D eigenvalue weighted by Crippen LogP contribution is 2.35. The zero-order valence-corrected chi connectivity index (χ0v) is 17.1. The van der Waals surface area contributed by atoms with Gasteiger partial charge >= 0.3 is 0 Å². The number of amides is 3. The molecule has 0 radical (unpaired) electrons. The van der Waals surface area contributed by atoms with E-state index >= 15 is 0 Å². The van der Waals surface area contributed by atoms with E-state index in [0.29, 0.717) is 30.8 Å². The summed E-state index contributed by atoms with van der Waals surface area (Å²) in [5.41, 5.74) is 0.906. The molecule has 3 amide bonds. The van der Waals surface area contributed by atoms with E-state index in [0.717, 1.165) is 5.56 Å². The van der Waals surface area contributed by atoms with Crippen molar-refractivity contribution in [3.05, 3.63) is 35.9 Å². The van der Waals surface area contributed by atoms with Crippen molar-refractivity contribution in [1.82, 2.24) is 10.2 Å². The number of carbonyl (C=O) groups is 3. The molecule has 1 heterocycles. The van der Waals surface area contributed by atoms with Gasteiger partial charge in [0.1, 0.15) is 0 Å². The van der Waals surface area contributed by atoms with E-state index in [1.807, 2.05) is 31.2 Å². The van der Waals surface area contributed by atoms with Gasteiger partial charge in [-0.25, -0.2) is 0 Å². The lowest BCUT2D eigenvalue weighted by atomic mass is 9.85. The van der Waals surface area contributed by atoms with Crippen LogP contribution in [0.15, 0.2) is 30.4 Å². The van der Waals surface area contributed by atoms with Crippen molar-refractivity contribution in [3.63, 3.8) is 0 Å². The summed E-state index contributed by atoms with van der Waals surface area (Å²) in [5.74, 6) is 0.214. The number of methoxy groups -OCH3 is 2. The third kappa shape index (κ3) is 4.28. The minimum atomic E-state index is -0.259. The van der Waals surface area contributed by atoms with Crippen molar-refractivity contribution in [1.29, 1.82) is 0 Å². The number of rotatable bonds is 8. The highest BCUT2D eigenvalue weighted by atomic mass is 16.5. The molecule has 1 fully saturated rings. The fraction of sp³-hybridized carbons (Fsp3) is 0.500. The van der Waals surface area contributed by atoms with Gasteiger partial charge in [-0.2, -0.15) is 0 Å². The normalized spacial score (nSPS) is 21.7. The molecule has 156 valence electrons. The van der Waals surface area contributed by atoms with Crippen LogP contribution in [0.4, 0.5) is 0 Å². The zero-order chi connectivity index (χ0) is 21.0. The van der Waals surface area contributed by atoms with E-state index < -0.39 is 0 Å². The maximum absolute atomic E-state index is 12.5. The first kappa shape index (κ1) is 20.9. The fourth-order valence-corrected chi connectivity index (χ4v) is 4.06. The van der Waals surface area contributed by atoms with E-state index in [4.69, 9.17) is 9.47 Å². The Bertz CT molecular complexity index is 793. The first-order valence-corrected chi connectivity index (χ1v) is 10.0. The van der Waals surface area contributed by atoms with E-state index in [9.17, 15) is 14.4 Å². The average molecular weight is 400 g/mol. The van der Waals surface area contributed by atoms with Gasteiger partial charge in [0.05, 0.1) is 32.1 Å². The number of nitrogens with one attached hydrogen (secondary N) is 1. The monoisotopic (exact) mass is 400 g/mol. The summed E-state index contributed by atoms with van der Waals surface area (Å²) >= 11 is 0. The molecule has 1 N–H and O–H groups in total. The molecule has 29 heavy (non-hydrogen) atoms. The van der Waals surface area contributed by atoms with E-state index in [1.54, 1.807) is 20.3 Å². The lowest BCUT2D eigenvalue weighted by Gasteiger charge is -2.20. The van der Waals surface area contributed by atoms with Crippen molar-refractivity contribution in [2.45, 2.75) is 38.6 Å². The molecule has 0 saturated carbocycles. The Labute approximate surface area is 171 Å². The van der Waals surface area contributed by atoms with E-state index in [-0.39, 0.29) is 48.6 Å². The summed E-state index contributed by atoms with van der Waals surface area (Å²) in [6.07, 6.45) is 5.91. The van der Waals surface area contributed by atoms with Crippen molar-refractivity contribution in [3.8, 4) is 11.5 Å². The summed E-state index contributed by atoms with van der Waals surface area (Å²) in [4.78, 5) is 38.8. The number of nitrogens with zero attached hydrogens (tertiary/aromatic N) is 1. The Morgan fingerprint density at radius 2 is 1.72 bits per heavy atom. The van der Waals surface area contributed by atoms with Crippen molar-refractivity contribution in [2.75, 3.05) is 20.8 Å². The number of hydrogen-bond donors (Lipinski definition) is 1. The second-order valence-corrected chi connectivity index (χ2v) is 7.38.